The molecule has 3 heteroatoms. The van der Waals surface area contributed by atoms with Crippen molar-refractivity contribution in [1.82, 2.24) is 0 Å². The molecule has 2 aromatic rings. The maximum Gasteiger partial charge on any atom is 0.125 e. The molecule has 0 aromatic heterocycles. The van der Waals surface area contributed by atoms with Crippen molar-refractivity contribution in [3.05, 3.63) is 64.5 Å². The highest BCUT2D eigenvalue weighted by Gasteiger charge is 2.38. The molecular weight excluding hydrogens is 265 g/mol. The van der Waals surface area contributed by atoms with Gasteiger partial charge in [0.2, 0.25) is 0 Å². The summed E-state index contributed by atoms with van der Waals surface area (Å²) in [5, 5.41) is 13.4. The van der Waals surface area contributed by atoms with E-state index >= 15 is 0 Å². The van der Waals surface area contributed by atoms with Crippen LogP contribution in [-0.4, -0.2) is 11.7 Å². The fourth-order valence-corrected chi connectivity index (χ4v) is 3.25. The number of aliphatic hydroxyl groups excluding tert-OH is 1. The Kier molecular flexibility index (Phi) is 3.46. The molecule has 3 rings (SSSR count). The zero-order valence-electron chi connectivity index (χ0n) is 12.4. The third-order valence-corrected chi connectivity index (χ3v) is 4.30. The molecule has 0 saturated carbocycles. The summed E-state index contributed by atoms with van der Waals surface area (Å²) < 4.78 is 13.6. The van der Waals surface area contributed by atoms with E-state index in [-0.39, 0.29) is 12.4 Å². The van der Waals surface area contributed by atoms with Crippen LogP contribution < -0.4 is 5.32 Å². The lowest BCUT2D eigenvalue weighted by Gasteiger charge is -2.31. The van der Waals surface area contributed by atoms with Crippen LogP contribution in [0.2, 0.25) is 0 Å². The predicted molar refractivity (Wildman–Crippen MR) is 83.0 cm³/mol. The van der Waals surface area contributed by atoms with Gasteiger partial charge in [-0.15, -0.1) is 0 Å². The van der Waals surface area contributed by atoms with Crippen LogP contribution in [0.15, 0.2) is 36.4 Å². The SMILES string of the molecule is Cc1cc(F)cc(NC2(CO)CCc3ccc(C)cc32)c1. The Morgan fingerprint density at radius 2 is 1.95 bits per heavy atom. The average molecular weight is 285 g/mol. The minimum absolute atomic E-state index is 0.000978. The molecule has 21 heavy (non-hydrogen) atoms. The Bertz CT molecular complexity index is 663. The summed E-state index contributed by atoms with van der Waals surface area (Å²) in [6.07, 6.45) is 1.75. The summed E-state index contributed by atoms with van der Waals surface area (Å²) in [5.41, 5.74) is 4.64. The molecule has 0 heterocycles. The first-order valence-electron chi connectivity index (χ1n) is 7.29. The molecule has 1 aliphatic carbocycles. The Morgan fingerprint density at radius 3 is 2.67 bits per heavy atom. The summed E-state index contributed by atoms with van der Waals surface area (Å²) in [6.45, 7) is 3.92. The maximum absolute atomic E-state index is 13.6. The molecule has 1 atom stereocenters. The van der Waals surface area contributed by atoms with Gasteiger partial charge in [0.05, 0.1) is 12.1 Å². The number of nitrogens with one attached hydrogen (secondary N) is 1. The molecule has 0 amide bonds. The number of hydrogen-bond donors (Lipinski definition) is 2. The first-order chi connectivity index (χ1) is 10.0. The van der Waals surface area contributed by atoms with Gasteiger partial charge < -0.3 is 10.4 Å². The summed E-state index contributed by atoms with van der Waals surface area (Å²) in [7, 11) is 0. The van der Waals surface area contributed by atoms with Gasteiger partial charge in [-0.25, -0.2) is 4.39 Å². The molecule has 0 saturated heterocycles. The number of benzene rings is 2. The van der Waals surface area contributed by atoms with Gasteiger partial charge in [0.1, 0.15) is 5.82 Å². The van der Waals surface area contributed by atoms with E-state index in [1.807, 2.05) is 19.9 Å². The summed E-state index contributed by atoms with van der Waals surface area (Å²) >= 11 is 0. The van der Waals surface area contributed by atoms with Crippen molar-refractivity contribution < 1.29 is 9.50 Å². The van der Waals surface area contributed by atoms with E-state index in [1.165, 1.54) is 23.3 Å². The molecule has 1 unspecified atom stereocenters. The number of aryl methyl sites for hydroxylation is 3. The minimum atomic E-state index is -0.512. The molecule has 0 fully saturated rings. The van der Waals surface area contributed by atoms with Gasteiger partial charge in [0, 0.05) is 5.69 Å². The van der Waals surface area contributed by atoms with Crippen LogP contribution in [0.3, 0.4) is 0 Å². The number of fused-ring (bicyclic) bond motifs is 1. The molecule has 2 aromatic carbocycles. The molecule has 0 spiro atoms. The fraction of sp³-hybridized carbons (Fsp3) is 0.333. The van der Waals surface area contributed by atoms with Crippen LogP contribution >= 0.6 is 0 Å². The summed E-state index contributed by atoms with van der Waals surface area (Å²) in [4.78, 5) is 0. The van der Waals surface area contributed by atoms with Gasteiger partial charge in [-0.3, -0.25) is 0 Å². The van der Waals surface area contributed by atoms with Gasteiger partial charge in [0.25, 0.3) is 0 Å². The molecule has 110 valence electrons. The molecule has 0 bridgehead atoms. The monoisotopic (exact) mass is 285 g/mol. The quantitative estimate of drug-likeness (QED) is 0.901. The van der Waals surface area contributed by atoms with E-state index in [9.17, 15) is 9.50 Å². The first kappa shape index (κ1) is 14.1. The lowest BCUT2D eigenvalue weighted by atomic mass is 9.91. The normalized spacial score (nSPS) is 20.4. The average Bonchev–Trinajstić information content (AvgIpc) is 2.76. The van der Waals surface area contributed by atoms with Crippen molar-refractivity contribution in [3.8, 4) is 0 Å². The van der Waals surface area contributed by atoms with Crippen molar-refractivity contribution >= 4 is 5.69 Å². The highest BCUT2D eigenvalue weighted by molar-refractivity contribution is 5.53. The first-order valence-corrected chi connectivity index (χ1v) is 7.29. The van der Waals surface area contributed by atoms with Crippen molar-refractivity contribution in [2.24, 2.45) is 0 Å². The van der Waals surface area contributed by atoms with Crippen LogP contribution in [0, 0.1) is 19.7 Å². The topological polar surface area (TPSA) is 32.3 Å². The maximum atomic E-state index is 13.6. The van der Waals surface area contributed by atoms with E-state index in [2.05, 4.69) is 23.5 Å². The largest absolute Gasteiger partial charge is 0.394 e. The third kappa shape index (κ3) is 2.54. The van der Waals surface area contributed by atoms with Gasteiger partial charge in [0.15, 0.2) is 0 Å². The zero-order chi connectivity index (χ0) is 15.0. The van der Waals surface area contributed by atoms with Gasteiger partial charge in [-0.05, 0) is 61.6 Å². The van der Waals surface area contributed by atoms with Gasteiger partial charge >= 0.3 is 0 Å². The van der Waals surface area contributed by atoms with Crippen LogP contribution in [0.1, 0.15) is 28.7 Å². The van der Waals surface area contributed by atoms with Crippen molar-refractivity contribution in [2.45, 2.75) is 32.2 Å². The predicted octanol–water partition coefficient (Wildman–Crippen LogP) is 3.69. The van der Waals surface area contributed by atoms with Crippen LogP contribution in [-0.2, 0) is 12.0 Å². The zero-order valence-corrected chi connectivity index (χ0v) is 12.4. The molecule has 2 N–H and O–H groups in total. The van der Waals surface area contributed by atoms with E-state index < -0.39 is 5.54 Å². The number of halogens is 1. The Morgan fingerprint density at radius 1 is 1.14 bits per heavy atom. The summed E-state index contributed by atoms with van der Waals surface area (Å²) in [6, 6.07) is 11.2. The molecular formula is C18H20FNO. The van der Waals surface area contributed by atoms with Crippen molar-refractivity contribution in [3.63, 3.8) is 0 Å². The van der Waals surface area contributed by atoms with Crippen LogP contribution in [0.5, 0.6) is 0 Å². The van der Waals surface area contributed by atoms with Gasteiger partial charge in [-0.1, -0.05) is 23.8 Å². The molecule has 1 aliphatic rings. The van der Waals surface area contributed by atoms with Crippen LogP contribution in [0.4, 0.5) is 10.1 Å². The Labute approximate surface area is 124 Å². The number of aliphatic hydroxyl groups is 1. The number of rotatable bonds is 3. The fourth-order valence-electron chi connectivity index (χ4n) is 3.25. The second-order valence-corrected chi connectivity index (χ2v) is 6.04. The smallest absolute Gasteiger partial charge is 0.125 e. The van der Waals surface area contributed by atoms with E-state index in [0.29, 0.717) is 0 Å². The highest BCUT2D eigenvalue weighted by Crippen LogP contribution is 2.40. The molecule has 0 aliphatic heterocycles. The standard InChI is InChI=1S/C18H20FNO/c1-12-3-4-14-5-6-18(11-21,17(14)9-12)20-16-8-13(2)7-15(19)10-16/h3-4,7-10,20-21H,5-6,11H2,1-2H3. The second-order valence-electron chi connectivity index (χ2n) is 6.04. The van der Waals surface area contributed by atoms with E-state index in [4.69, 9.17) is 0 Å². The van der Waals surface area contributed by atoms with Crippen molar-refractivity contribution in [2.75, 3.05) is 11.9 Å². The minimum Gasteiger partial charge on any atom is -0.394 e. The lowest BCUT2D eigenvalue weighted by molar-refractivity contribution is 0.211. The summed E-state index contributed by atoms with van der Waals surface area (Å²) in [5.74, 6) is -0.256. The van der Waals surface area contributed by atoms with E-state index in [0.717, 1.165) is 29.7 Å². The Balaban J connectivity index is 2.02. The lowest BCUT2D eigenvalue weighted by Crippen LogP contribution is -2.37. The van der Waals surface area contributed by atoms with Crippen molar-refractivity contribution in [1.29, 1.82) is 0 Å². The van der Waals surface area contributed by atoms with E-state index in [1.54, 1.807) is 0 Å². The molecule has 2 nitrogen and oxygen atoms in total. The highest BCUT2D eigenvalue weighted by atomic mass is 19.1. The van der Waals surface area contributed by atoms with Gasteiger partial charge in [-0.2, -0.15) is 0 Å². The van der Waals surface area contributed by atoms with Crippen LogP contribution in [0.25, 0.3) is 0 Å². The second kappa shape index (κ2) is 5.15. The molecule has 0 radical (unpaired) electrons. The Hall–Kier alpha value is -1.87. The number of anilines is 1. The number of hydrogen-bond acceptors (Lipinski definition) is 2. The third-order valence-electron chi connectivity index (χ3n) is 4.30.